The van der Waals surface area contributed by atoms with Crippen LogP contribution in [-0.4, -0.2) is 38.9 Å². The average Bonchev–Trinajstić information content (AvgIpc) is 2.90. The molecular formula is C12H14Cl2N2O4S. The second-order valence-electron chi connectivity index (χ2n) is 4.64. The Labute approximate surface area is 132 Å². The lowest BCUT2D eigenvalue weighted by molar-refractivity contribution is -0.132. The number of halogens is 2. The van der Waals surface area contributed by atoms with Gasteiger partial charge in [-0.05, 0) is 25.0 Å². The monoisotopic (exact) mass is 352 g/mol. The van der Waals surface area contributed by atoms with Crippen LogP contribution in [0.4, 0.5) is 0 Å². The molecule has 1 fully saturated rings. The Morgan fingerprint density at radius 1 is 1.24 bits per heavy atom. The van der Waals surface area contributed by atoms with Crippen LogP contribution in [0, 0.1) is 0 Å². The Bertz CT molecular complexity index is 634. The number of nitrogens with zero attached hydrogens (tertiary/aromatic N) is 1. The smallest absolute Gasteiger partial charge is 0.260 e. The highest BCUT2D eigenvalue weighted by Crippen LogP contribution is 2.35. The van der Waals surface area contributed by atoms with Crippen molar-refractivity contribution in [3.63, 3.8) is 0 Å². The third kappa shape index (κ3) is 4.00. The van der Waals surface area contributed by atoms with Crippen molar-refractivity contribution >= 4 is 39.1 Å². The van der Waals surface area contributed by atoms with Gasteiger partial charge in [-0.3, -0.25) is 4.79 Å². The predicted molar refractivity (Wildman–Crippen MR) is 79.1 cm³/mol. The zero-order valence-electron chi connectivity index (χ0n) is 11.0. The number of carbonyl (C=O) groups is 1. The number of amides is 1. The number of benzene rings is 1. The maximum atomic E-state index is 11.9. The minimum absolute atomic E-state index is 0.0132. The third-order valence-corrected chi connectivity index (χ3v) is 4.55. The van der Waals surface area contributed by atoms with E-state index in [9.17, 15) is 13.2 Å². The van der Waals surface area contributed by atoms with E-state index < -0.39 is 10.0 Å². The molecule has 2 rings (SSSR count). The number of ether oxygens (including phenoxy) is 1. The number of nitrogens with two attached hydrogens (primary N) is 1. The standard InChI is InChI=1S/C12H14Cl2N2O4S/c13-9-5-8(21(15,18)19)6-10(14)12(9)20-7-11(17)16-3-1-2-4-16/h5-6H,1-4,7H2,(H2,15,18,19). The molecule has 0 unspecified atom stereocenters. The minimum atomic E-state index is -3.91. The van der Waals surface area contributed by atoms with Gasteiger partial charge in [-0.2, -0.15) is 0 Å². The van der Waals surface area contributed by atoms with Crippen molar-refractivity contribution in [1.29, 1.82) is 0 Å². The van der Waals surface area contributed by atoms with Crippen LogP contribution in [0.5, 0.6) is 5.75 Å². The lowest BCUT2D eigenvalue weighted by Gasteiger charge is -2.16. The summed E-state index contributed by atoms with van der Waals surface area (Å²) in [6.45, 7) is 1.23. The van der Waals surface area contributed by atoms with Crippen molar-refractivity contribution in [3.05, 3.63) is 22.2 Å². The number of primary sulfonamides is 1. The fourth-order valence-corrected chi connectivity index (χ4v) is 3.32. The van der Waals surface area contributed by atoms with E-state index >= 15 is 0 Å². The molecule has 2 N–H and O–H groups in total. The maximum Gasteiger partial charge on any atom is 0.260 e. The van der Waals surface area contributed by atoms with Gasteiger partial charge in [0, 0.05) is 13.1 Å². The zero-order valence-corrected chi connectivity index (χ0v) is 13.3. The van der Waals surface area contributed by atoms with Crippen LogP contribution in [-0.2, 0) is 14.8 Å². The highest BCUT2D eigenvalue weighted by molar-refractivity contribution is 7.89. The van der Waals surface area contributed by atoms with E-state index in [1.165, 1.54) is 0 Å². The second-order valence-corrected chi connectivity index (χ2v) is 7.01. The zero-order chi connectivity index (χ0) is 15.6. The maximum absolute atomic E-state index is 11.9. The molecule has 0 bridgehead atoms. The summed E-state index contributed by atoms with van der Waals surface area (Å²) in [5.41, 5.74) is 0. The molecule has 1 aromatic carbocycles. The summed E-state index contributed by atoms with van der Waals surface area (Å²) in [5, 5.41) is 4.98. The fraction of sp³-hybridized carbons (Fsp3) is 0.417. The molecular weight excluding hydrogens is 339 g/mol. The van der Waals surface area contributed by atoms with Crippen molar-refractivity contribution in [3.8, 4) is 5.75 Å². The summed E-state index contributed by atoms with van der Waals surface area (Å²) in [6, 6.07) is 2.27. The molecule has 116 valence electrons. The first-order valence-corrected chi connectivity index (χ1v) is 8.51. The average molecular weight is 353 g/mol. The largest absolute Gasteiger partial charge is 0.481 e. The molecule has 1 saturated heterocycles. The normalized spacial score (nSPS) is 15.3. The van der Waals surface area contributed by atoms with Crippen molar-refractivity contribution in [2.75, 3.05) is 19.7 Å². The van der Waals surface area contributed by atoms with E-state index in [4.69, 9.17) is 33.1 Å². The van der Waals surface area contributed by atoms with Crippen LogP contribution in [0.15, 0.2) is 17.0 Å². The van der Waals surface area contributed by atoms with Gasteiger partial charge in [0.2, 0.25) is 10.0 Å². The molecule has 1 aromatic rings. The van der Waals surface area contributed by atoms with E-state index in [0.29, 0.717) is 13.1 Å². The first-order chi connectivity index (χ1) is 9.79. The van der Waals surface area contributed by atoms with Crippen molar-refractivity contribution in [2.45, 2.75) is 17.7 Å². The van der Waals surface area contributed by atoms with Crippen molar-refractivity contribution < 1.29 is 17.9 Å². The van der Waals surface area contributed by atoms with Gasteiger partial charge in [0.15, 0.2) is 12.4 Å². The van der Waals surface area contributed by atoms with E-state index in [-0.39, 0.29) is 33.2 Å². The van der Waals surface area contributed by atoms with Gasteiger partial charge in [0.05, 0.1) is 14.9 Å². The number of carbonyl (C=O) groups excluding carboxylic acids is 1. The van der Waals surface area contributed by atoms with Gasteiger partial charge in [0.1, 0.15) is 0 Å². The molecule has 21 heavy (non-hydrogen) atoms. The highest BCUT2D eigenvalue weighted by atomic mass is 35.5. The fourth-order valence-electron chi connectivity index (χ4n) is 2.03. The van der Waals surface area contributed by atoms with Gasteiger partial charge >= 0.3 is 0 Å². The van der Waals surface area contributed by atoms with E-state index in [1.54, 1.807) is 4.90 Å². The van der Waals surface area contributed by atoms with E-state index in [2.05, 4.69) is 0 Å². The first-order valence-electron chi connectivity index (χ1n) is 6.21. The number of hydrogen-bond acceptors (Lipinski definition) is 4. The summed E-state index contributed by atoms with van der Waals surface area (Å²) in [6.07, 6.45) is 1.96. The van der Waals surface area contributed by atoms with Gasteiger partial charge < -0.3 is 9.64 Å². The summed E-state index contributed by atoms with van der Waals surface area (Å²) < 4.78 is 27.8. The summed E-state index contributed by atoms with van der Waals surface area (Å²) in [5.74, 6) is -0.0894. The van der Waals surface area contributed by atoms with Gasteiger partial charge in [-0.25, -0.2) is 13.6 Å². The molecule has 1 aliphatic heterocycles. The van der Waals surface area contributed by atoms with Crippen LogP contribution in [0.1, 0.15) is 12.8 Å². The summed E-state index contributed by atoms with van der Waals surface area (Å²) >= 11 is 11.9. The van der Waals surface area contributed by atoms with Gasteiger partial charge in [0.25, 0.3) is 5.91 Å². The molecule has 9 heteroatoms. The Morgan fingerprint density at radius 3 is 2.24 bits per heavy atom. The van der Waals surface area contributed by atoms with Crippen LogP contribution in [0.2, 0.25) is 10.0 Å². The molecule has 0 aliphatic carbocycles. The SMILES string of the molecule is NS(=O)(=O)c1cc(Cl)c(OCC(=O)N2CCCC2)c(Cl)c1. The summed E-state index contributed by atoms with van der Waals surface area (Å²) in [4.78, 5) is 13.3. The topological polar surface area (TPSA) is 89.7 Å². The lowest BCUT2D eigenvalue weighted by atomic mass is 10.3. The molecule has 0 atom stereocenters. The quantitative estimate of drug-likeness (QED) is 0.891. The Morgan fingerprint density at radius 2 is 1.76 bits per heavy atom. The minimum Gasteiger partial charge on any atom is -0.481 e. The predicted octanol–water partition coefficient (Wildman–Crippen LogP) is 1.64. The van der Waals surface area contributed by atoms with Crippen LogP contribution >= 0.6 is 23.2 Å². The van der Waals surface area contributed by atoms with Gasteiger partial charge in [-0.15, -0.1) is 0 Å². The molecule has 1 amide bonds. The molecule has 0 radical (unpaired) electrons. The molecule has 1 aliphatic rings. The van der Waals surface area contributed by atoms with E-state index in [1.807, 2.05) is 0 Å². The summed E-state index contributed by atoms with van der Waals surface area (Å²) in [7, 11) is -3.91. The number of hydrogen-bond donors (Lipinski definition) is 1. The second kappa shape index (κ2) is 6.39. The number of rotatable bonds is 4. The van der Waals surface area contributed by atoms with E-state index in [0.717, 1.165) is 25.0 Å². The third-order valence-electron chi connectivity index (χ3n) is 3.10. The Balaban J connectivity index is 2.12. The first kappa shape index (κ1) is 16.4. The van der Waals surface area contributed by atoms with Crippen LogP contribution in [0.3, 0.4) is 0 Å². The Kier molecular flexibility index (Phi) is 4.98. The highest BCUT2D eigenvalue weighted by Gasteiger charge is 2.20. The van der Waals surface area contributed by atoms with Crippen LogP contribution < -0.4 is 9.88 Å². The molecule has 0 saturated carbocycles. The molecule has 0 aromatic heterocycles. The van der Waals surface area contributed by atoms with Crippen LogP contribution in [0.25, 0.3) is 0 Å². The van der Waals surface area contributed by atoms with Crippen molar-refractivity contribution in [2.24, 2.45) is 5.14 Å². The molecule has 1 heterocycles. The lowest BCUT2D eigenvalue weighted by Crippen LogP contribution is -2.32. The number of sulfonamides is 1. The number of likely N-dealkylation sites (tertiary alicyclic amines) is 1. The molecule has 6 nitrogen and oxygen atoms in total. The Hall–Kier alpha value is -1.02. The molecule has 0 spiro atoms. The van der Waals surface area contributed by atoms with Crippen molar-refractivity contribution in [1.82, 2.24) is 4.90 Å². The van der Waals surface area contributed by atoms with Gasteiger partial charge in [-0.1, -0.05) is 23.2 Å².